The van der Waals surface area contributed by atoms with E-state index >= 15 is 0 Å². The highest BCUT2D eigenvalue weighted by Gasteiger charge is 2.34. The molecule has 3 heterocycles. The number of amides is 2. The van der Waals surface area contributed by atoms with Gasteiger partial charge >= 0.3 is 0 Å². The molecule has 0 spiro atoms. The zero-order valence-corrected chi connectivity index (χ0v) is 13.8. The van der Waals surface area contributed by atoms with E-state index in [4.69, 9.17) is 4.74 Å². The highest BCUT2D eigenvalue weighted by atomic mass is 32.1. The molecule has 3 rings (SSSR count). The molecule has 22 heavy (non-hydrogen) atoms. The van der Waals surface area contributed by atoms with Crippen LogP contribution in [-0.2, 0) is 20.7 Å². The van der Waals surface area contributed by atoms with Crippen LogP contribution in [0.5, 0.6) is 0 Å². The van der Waals surface area contributed by atoms with Crippen LogP contribution in [0.2, 0.25) is 0 Å². The lowest BCUT2D eigenvalue weighted by molar-refractivity contribution is -0.145. The third kappa shape index (κ3) is 3.01. The minimum Gasteiger partial charge on any atom is -0.377 e. The van der Waals surface area contributed by atoms with Crippen LogP contribution in [0.3, 0.4) is 0 Å². The first-order valence-electron chi connectivity index (χ1n) is 7.60. The molecule has 120 valence electrons. The number of thiazole rings is 1. The molecular formula is C15H21N3O3S. The topological polar surface area (TPSA) is 62.7 Å². The van der Waals surface area contributed by atoms with Crippen LogP contribution in [0.1, 0.15) is 32.4 Å². The first-order valence-corrected chi connectivity index (χ1v) is 8.48. The molecule has 2 aliphatic rings. The van der Waals surface area contributed by atoms with Gasteiger partial charge < -0.3 is 9.64 Å². The van der Waals surface area contributed by atoms with Gasteiger partial charge in [0.25, 0.3) is 0 Å². The van der Waals surface area contributed by atoms with Crippen LogP contribution < -0.4 is 4.90 Å². The van der Waals surface area contributed by atoms with Gasteiger partial charge in [0, 0.05) is 24.9 Å². The van der Waals surface area contributed by atoms with Crippen molar-refractivity contribution in [2.75, 3.05) is 31.2 Å². The molecule has 0 bridgehead atoms. The van der Waals surface area contributed by atoms with Crippen molar-refractivity contribution in [1.82, 2.24) is 9.88 Å². The molecule has 1 aromatic rings. The molecule has 2 amide bonds. The lowest BCUT2D eigenvalue weighted by Crippen LogP contribution is -2.55. The van der Waals surface area contributed by atoms with Crippen molar-refractivity contribution in [2.45, 2.75) is 38.6 Å². The van der Waals surface area contributed by atoms with Gasteiger partial charge in [-0.1, -0.05) is 0 Å². The number of rotatable bonds is 3. The molecule has 6 nitrogen and oxygen atoms in total. The summed E-state index contributed by atoms with van der Waals surface area (Å²) in [5, 5.41) is 2.60. The van der Waals surface area contributed by atoms with Crippen LogP contribution in [0.15, 0.2) is 5.38 Å². The zero-order valence-electron chi connectivity index (χ0n) is 13.0. The van der Waals surface area contributed by atoms with Gasteiger partial charge in [-0.05, 0) is 20.3 Å². The van der Waals surface area contributed by atoms with Crippen molar-refractivity contribution in [3.63, 3.8) is 0 Å². The van der Waals surface area contributed by atoms with Crippen molar-refractivity contribution >= 4 is 28.3 Å². The van der Waals surface area contributed by atoms with Crippen molar-refractivity contribution in [2.24, 2.45) is 0 Å². The first kappa shape index (κ1) is 15.4. The summed E-state index contributed by atoms with van der Waals surface area (Å²) in [7, 11) is 0. The Morgan fingerprint density at radius 1 is 1.45 bits per heavy atom. The molecule has 2 fully saturated rings. The second kappa shape index (κ2) is 5.96. The molecule has 0 aliphatic carbocycles. The SMILES string of the molecule is CC1(C)COCCN1C(=O)Cc1csc(N2CCCC2=O)n1. The highest BCUT2D eigenvalue weighted by Crippen LogP contribution is 2.26. The summed E-state index contributed by atoms with van der Waals surface area (Å²) in [4.78, 5) is 32.3. The first-order chi connectivity index (χ1) is 10.5. The predicted molar refractivity (Wildman–Crippen MR) is 84.0 cm³/mol. The summed E-state index contributed by atoms with van der Waals surface area (Å²) in [6.45, 7) is 6.52. The molecule has 0 aromatic carbocycles. The number of carbonyl (C=O) groups excluding carboxylic acids is 2. The molecule has 0 unspecified atom stereocenters. The van der Waals surface area contributed by atoms with Gasteiger partial charge in [0.05, 0.1) is 30.9 Å². The number of ether oxygens (including phenoxy) is 1. The highest BCUT2D eigenvalue weighted by molar-refractivity contribution is 7.14. The van der Waals surface area contributed by atoms with Gasteiger partial charge in [0.1, 0.15) is 0 Å². The number of nitrogens with zero attached hydrogens (tertiary/aromatic N) is 3. The van der Waals surface area contributed by atoms with Gasteiger partial charge in [-0.25, -0.2) is 4.98 Å². The minimum absolute atomic E-state index is 0.0675. The van der Waals surface area contributed by atoms with Gasteiger partial charge in [0.2, 0.25) is 11.8 Å². The van der Waals surface area contributed by atoms with Crippen molar-refractivity contribution in [3.05, 3.63) is 11.1 Å². The molecule has 0 atom stereocenters. The summed E-state index contributed by atoms with van der Waals surface area (Å²) >= 11 is 1.44. The van der Waals surface area contributed by atoms with Crippen LogP contribution in [0.25, 0.3) is 0 Å². The summed E-state index contributed by atoms with van der Waals surface area (Å²) < 4.78 is 5.45. The third-order valence-electron chi connectivity index (χ3n) is 4.12. The van der Waals surface area contributed by atoms with Crippen molar-refractivity contribution in [1.29, 1.82) is 0 Å². The van der Waals surface area contributed by atoms with E-state index in [1.165, 1.54) is 11.3 Å². The average molecular weight is 323 g/mol. The van der Waals surface area contributed by atoms with E-state index in [2.05, 4.69) is 4.98 Å². The third-order valence-corrected chi connectivity index (χ3v) is 5.03. The fraction of sp³-hybridized carbons (Fsp3) is 0.667. The number of carbonyl (C=O) groups is 2. The summed E-state index contributed by atoms with van der Waals surface area (Å²) in [6.07, 6.45) is 1.76. The second-order valence-corrected chi connectivity index (χ2v) is 7.19. The van der Waals surface area contributed by atoms with E-state index in [9.17, 15) is 9.59 Å². The van der Waals surface area contributed by atoms with E-state index in [1.54, 1.807) is 4.90 Å². The van der Waals surface area contributed by atoms with Gasteiger partial charge in [0.15, 0.2) is 5.13 Å². The quantitative estimate of drug-likeness (QED) is 0.845. The van der Waals surface area contributed by atoms with Crippen molar-refractivity contribution in [3.8, 4) is 0 Å². The molecular weight excluding hydrogens is 302 g/mol. The predicted octanol–water partition coefficient (Wildman–Crippen LogP) is 1.45. The Balaban J connectivity index is 1.67. The zero-order chi connectivity index (χ0) is 15.7. The Bertz CT molecular complexity index is 584. The standard InChI is InChI=1S/C15H21N3O3S/c1-15(2)10-21-7-6-18(15)13(20)8-11-9-22-14(16-11)17-5-3-4-12(17)19/h9H,3-8,10H2,1-2H3. The summed E-state index contributed by atoms with van der Waals surface area (Å²) in [5.41, 5.74) is 0.464. The Hall–Kier alpha value is -1.47. The van der Waals surface area contributed by atoms with Crippen LogP contribution >= 0.6 is 11.3 Å². The summed E-state index contributed by atoms with van der Waals surface area (Å²) in [6, 6.07) is 0. The van der Waals surface area contributed by atoms with Gasteiger partial charge in [-0.2, -0.15) is 0 Å². The number of morpholine rings is 1. The number of anilines is 1. The molecule has 2 saturated heterocycles. The Labute approximate surface area is 134 Å². The molecule has 2 aliphatic heterocycles. The Kier molecular flexibility index (Phi) is 4.18. The molecule has 0 saturated carbocycles. The smallest absolute Gasteiger partial charge is 0.229 e. The fourth-order valence-corrected chi connectivity index (χ4v) is 3.79. The number of aromatic nitrogens is 1. The van der Waals surface area contributed by atoms with Crippen molar-refractivity contribution < 1.29 is 14.3 Å². The van der Waals surface area contributed by atoms with E-state index in [1.807, 2.05) is 24.1 Å². The van der Waals surface area contributed by atoms with E-state index in [0.29, 0.717) is 31.3 Å². The second-order valence-electron chi connectivity index (χ2n) is 6.36. The maximum absolute atomic E-state index is 12.5. The lowest BCUT2D eigenvalue weighted by Gasteiger charge is -2.42. The Morgan fingerprint density at radius 3 is 2.95 bits per heavy atom. The van der Waals surface area contributed by atoms with E-state index in [-0.39, 0.29) is 23.8 Å². The maximum Gasteiger partial charge on any atom is 0.229 e. The van der Waals surface area contributed by atoms with Gasteiger partial charge in [-0.3, -0.25) is 14.5 Å². The van der Waals surface area contributed by atoms with Gasteiger partial charge in [-0.15, -0.1) is 11.3 Å². The van der Waals surface area contributed by atoms with Crippen LogP contribution in [0.4, 0.5) is 5.13 Å². The molecule has 0 radical (unpaired) electrons. The lowest BCUT2D eigenvalue weighted by atomic mass is 10.0. The largest absolute Gasteiger partial charge is 0.377 e. The number of hydrogen-bond donors (Lipinski definition) is 0. The normalized spacial score (nSPS) is 21.5. The molecule has 0 N–H and O–H groups in total. The van der Waals surface area contributed by atoms with E-state index < -0.39 is 0 Å². The Morgan fingerprint density at radius 2 is 2.27 bits per heavy atom. The number of hydrogen-bond acceptors (Lipinski definition) is 5. The summed E-state index contributed by atoms with van der Waals surface area (Å²) in [5.74, 6) is 0.194. The van der Waals surface area contributed by atoms with Crippen LogP contribution in [0, 0.1) is 0 Å². The minimum atomic E-state index is -0.279. The molecule has 7 heteroatoms. The molecule has 1 aromatic heterocycles. The average Bonchev–Trinajstić information content (AvgIpc) is 3.06. The fourth-order valence-electron chi connectivity index (χ4n) is 2.92. The maximum atomic E-state index is 12.5. The van der Waals surface area contributed by atoms with Crippen LogP contribution in [-0.4, -0.2) is 53.5 Å². The monoisotopic (exact) mass is 323 g/mol. The van der Waals surface area contributed by atoms with E-state index in [0.717, 1.165) is 18.7 Å².